The molecule has 0 aromatic heterocycles. The third-order valence-corrected chi connectivity index (χ3v) is 31.9. The van der Waals surface area contributed by atoms with E-state index >= 15 is 0 Å². The summed E-state index contributed by atoms with van der Waals surface area (Å²) in [7, 11) is 0. The molecule has 6 fully saturated rings. The van der Waals surface area contributed by atoms with E-state index in [1.54, 1.807) is 20.8 Å². The zero-order valence-corrected chi connectivity index (χ0v) is 80.0. The first-order chi connectivity index (χ1) is 58.6. The minimum absolute atomic E-state index is 0.0422. The summed E-state index contributed by atoms with van der Waals surface area (Å²) in [4.78, 5) is 91.4. The van der Waals surface area contributed by atoms with Crippen LogP contribution in [0, 0.1) is 73.4 Å². The second-order valence-electron chi connectivity index (χ2n) is 43.2. The van der Waals surface area contributed by atoms with Gasteiger partial charge < -0.3 is 30.7 Å². The molecule has 6 aromatic carbocycles. The van der Waals surface area contributed by atoms with Crippen molar-refractivity contribution in [3.8, 4) is 0 Å². The molecule has 15 rings (SSSR count). The highest BCUT2D eigenvalue weighted by molar-refractivity contribution is 6.32. The highest BCUT2D eigenvalue weighted by Gasteiger charge is 2.57. The Morgan fingerprint density at radius 3 is 0.817 bits per heavy atom. The van der Waals surface area contributed by atoms with E-state index in [0.29, 0.717) is 95.2 Å². The van der Waals surface area contributed by atoms with Gasteiger partial charge in [0.2, 0.25) is 35.4 Å². The molecule has 24 heteroatoms. The lowest BCUT2D eigenvalue weighted by atomic mass is 9.71. The molecular weight excluding hydrogens is 1670 g/mol. The van der Waals surface area contributed by atoms with Crippen LogP contribution >= 0.6 is 34.8 Å². The Kier molecular flexibility index (Phi) is 27.2. The zero-order chi connectivity index (χ0) is 92.3. The molecular formula is C102H132Cl3F6N9O6. The van der Waals surface area contributed by atoms with Gasteiger partial charge in [0.15, 0.2) is 0 Å². The fraction of sp³-hybridized carbons (Fsp3) is 0.588. The highest BCUT2D eigenvalue weighted by Crippen LogP contribution is 2.60. The molecule has 9 aliphatic rings. The first-order valence-electron chi connectivity index (χ1n) is 45.3. The minimum atomic E-state index is -0.613. The number of rotatable bonds is 12. The topological polar surface area (TPSA) is 158 Å². The van der Waals surface area contributed by atoms with Gasteiger partial charge in [-0.2, -0.15) is 0 Å². The number of amides is 6. The predicted octanol–water partition coefficient (Wildman–Crippen LogP) is 20.1. The van der Waals surface area contributed by atoms with E-state index in [4.69, 9.17) is 34.8 Å². The van der Waals surface area contributed by atoms with Crippen molar-refractivity contribution in [2.45, 2.75) is 288 Å². The molecule has 9 atom stereocenters. The molecule has 3 aliphatic carbocycles. The van der Waals surface area contributed by atoms with E-state index in [2.05, 4.69) is 171 Å². The Balaban J connectivity index is 0.000000162. The van der Waals surface area contributed by atoms with Crippen LogP contribution < -0.4 is 16.0 Å². The van der Waals surface area contributed by atoms with Crippen molar-refractivity contribution in [1.82, 2.24) is 45.3 Å². The Bertz CT molecular complexity index is 4680. The number of aryl methyl sites for hydroxylation is 3. The molecule has 6 heterocycles. The van der Waals surface area contributed by atoms with Gasteiger partial charge in [-0.25, -0.2) is 26.3 Å². The standard InChI is InChI=1S/3C34H44ClF2N3O2/c2*1-20-14-27-24(16-29(20)35)28(33(6,7)38-21(2)41)17-34(27)10-12-39(13-11-34)31(42)26-19-40(32(3,4)5)18-25(26)23-9-8-22(36)15-30(23)37;1-20-14-24-27(16-29(20)35)34(17-28(24)33(6,7)38-21(2)41)10-12-39(13-11-34)31(42)26-19-40(32(3,4)5)18-25(26)23-9-8-22(36)15-30(23)37/h3*8-9,14-16,25-26,28H,10-13,17-19H2,1-7H3,(H,38,41)/t25-,26+,28+;25-,26+,28-;25-,26+,28+/m000/s1. The molecule has 6 aromatic rings. The smallest absolute Gasteiger partial charge is 0.227 e. The number of nitrogens with zero attached hydrogens (tertiary/aromatic N) is 6. The van der Waals surface area contributed by atoms with Crippen LogP contribution in [0.3, 0.4) is 0 Å². The number of benzene rings is 6. The van der Waals surface area contributed by atoms with Crippen molar-refractivity contribution < 1.29 is 55.1 Å². The highest BCUT2D eigenvalue weighted by atomic mass is 35.5. The fourth-order valence-electron chi connectivity index (χ4n) is 23.5. The third kappa shape index (κ3) is 19.3. The molecule has 0 bridgehead atoms. The van der Waals surface area contributed by atoms with Crippen LogP contribution in [-0.2, 0) is 45.0 Å². The molecule has 3 N–H and O–H groups in total. The van der Waals surface area contributed by atoms with Crippen LogP contribution in [0.1, 0.15) is 285 Å². The third-order valence-electron chi connectivity index (χ3n) is 30.7. The molecule has 6 amide bonds. The summed E-state index contributed by atoms with van der Waals surface area (Å²) in [6, 6.07) is 24.0. The predicted molar refractivity (Wildman–Crippen MR) is 489 cm³/mol. The molecule has 6 saturated heterocycles. The SMILES string of the molecule is CC(=O)NC(C)(C)[C@@H]1CC2(CCN(C(=O)[C@@H]3CN(C(C)(C)C)C[C@H]3c3ccc(F)cc3F)CC2)c2cc(C)c(Cl)cc21.CC(=O)NC(C)(C)[C@@H]1CC2(CCN(C(=O)[C@@H]3CN(C(C)(C)C)C[C@H]3c3ccc(F)cc3F)CC2)c2cc(Cl)c(C)cc21.CC(=O)NC(C)(C)[C@H]1CC2(CCN(C(=O)[C@@H]3CN(C(C)(C)C)C[C@H]3c3ccc(F)cc3F)CC2)c2cc(C)c(Cl)cc21. The van der Waals surface area contributed by atoms with E-state index in [9.17, 15) is 55.1 Å². The van der Waals surface area contributed by atoms with E-state index in [0.717, 1.165) is 108 Å². The largest absolute Gasteiger partial charge is 0.351 e. The lowest BCUT2D eigenvalue weighted by Crippen LogP contribution is -2.49. The number of nitrogens with one attached hydrogen (secondary N) is 3. The van der Waals surface area contributed by atoms with Crippen LogP contribution in [0.4, 0.5) is 26.3 Å². The first-order valence-corrected chi connectivity index (χ1v) is 46.4. The molecule has 3 spiro atoms. The number of halogens is 9. The van der Waals surface area contributed by atoms with Gasteiger partial charge in [-0.3, -0.25) is 43.5 Å². The Hall–Kier alpha value is -7.53. The maximum Gasteiger partial charge on any atom is 0.227 e. The Morgan fingerprint density at radius 2 is 0.571 bits per heavy atom. The van der Waals surface area contributed by atoms with Crippen LogP contribution in [0.25, 0.3) is 0 Å². The van der Waals surface area contributed by atoms with Gasteiger partial charge >= 0.3 is 0 Å². The minimum Gasteiger partial charge on any atom is -0.351 e. The van der Waals surface area contributed by atoms with Crippen LogP contribution in [0.15, 0.2) is 91.0 Å². The number of hydrogen-bond donors (Lipinski definition) is 3. The second kappa shape index (κ2) is 35.6. The summed E-state index contributed by atoms with van der Waals surface area (Å²) in [6.45, 7) is 49.0. The Morgan fingerprint density at radius 1 is 0.333 bits per heavy atom. The number of carbonyl (C=O) groups excluding carboxylic acids is 6. The molecule has 0 radical (unpaired) electrons. The van der Waals surface area contributed by atoms with Gasteiger partial charge in [0.25, 0.3) is 0 Å². The number of fused-ring (bicyclic) bond motifs is 6. The summed E-state index contributed by atoms with van der Waals surface area (Å²) in [5.41, 5.74) is 9.46. The van der Waals surface area contributed by atoms with Gasteiger partial charge in [-0.1, -0.05) is 71.2 Å². The summed E-state index contributed by atoms with van der Waals surface area (Å²) in [5, 5.41) is 11.7. The maximum absolute atomic E-state index is 15.0. The number of hydrogen-bond acceptors (Lipinski definition) is 9. The van der Waals surface area contributed by atoms with Crippen molar-refractivity contribution in [3.63, 3.8) is 0 Å². The van der Waals surface area contributed by atoms with Crippen molar-refractivity contribution in [1.29, 1.82) is 0 Å². The average Bonchev–Trinajstić information content (AvgIpc) is 1.57. The van der Waals surface area contributed by atoms with E-state index in [1.807, 2.05) is 35.5 Å². The van der Waals surface area contributed by atoms with Crippen molar-refractivity contribution in [2.24, 2.45) is 17.8 Å². The lowest BCUT2D eigenvalue weighted by molar-refractivity contribution is -0.138. The maximum atomic E-state index is 15.0. The number of piperidine rings is 3. The van der Waals surface area contributed by atoms with E-state index in [-0.39, 0.29) is 104 Å². The molecule has 0 unspecified atom stereocenters. The monoisotopic (exact) mass is 1800 g/mol. The van der Waals surface area contributed by atoms with Crippen LogP contribution in [0.2, 0.25) is 15.1 Å². The molecule has 6 aliphatic heterocycles. The van der Waals surface area contributed by atoms with E-state index in [1.165, 1.54) is 69.8 Å². The second-order valence-corrected chi connectivity index (χ2v) is 44.4. The van der Waals surface area contributed by atoms with Gasteiger partial charge in [0.1, 0.15) is 34.9 Å². The molecule has 684 valence electrons. The van der Waals surface area contributed by atoms with Crippen molar-refractivity contribution in [2.75, 3.05) is 78.5 Å². The number of carbonyl (C=O) groups is 6. The summed E-state index contributed by atoms with van der Waals surface area (Å²) in [5.74, 6) is -5.56. The van der Waals surface area contributed by atoms with Gasteiger partial charge in [-0.15, -0.1) is 0 Å². The zero-order valence-electron chi connectivity index (χ0n) is 77.7. The fourth-order valence-corrected chi connectivity index (χ4v) is 24.0. The summed E-state index contributed by atoms with van der Waals surface area (Å²) >= 11 is 19.9. The van der Waals surface area contributed by atoms with Gasteiger partial charge in [-0.05, 0) is 302 Å². The summed E-state index contributed by atoms with van der Waals surface area (Å²) in [6.07, 6.45) is 7.46. The number of likely N-dealkylation sites (tertiary alicyclic amines) is 6. The normalized spacial score (nSPS) is 24.2. The molecule has 126 heavy (non-hydrogen) atoms. The van der Waals surface area contributed by atoms with Crippen molar-refractivity contribution >= 4 is 70.2 Å². The van der Waals surface area contributed by atoms with Gasteiger partial charge in [0.05, 0.1) is 17.8 Å². The van der Waals surface area contributed by atoms with Crippen LogP contribution in [-0.4, -0.2) is 177 Å². The van der Waals surface area contributed by atoms with Crippen LogP contribution in [0.5, 0.6) is 0 Å². The lowest BCUT2D eigenvalue weighted by Gasteiger charge is -2.42. The summed E-state index contributed by atoms with van der Waals surface area (Å²) < 4.78 is 86.3. The van der Waals surface area contributed by atoms with Gasteiger partial charge in [0, 0.05) is 201 Å². The molecule has 15 nitrogen and oxygen atoms in total. The van der Waals surface area contributed by atoms with Crippen molar-refractivity contribution in [3.05, 3.63) is 208 Å². The Labute approximate surface area is 758 Å². The van der Waals surface area contributed by atoms with E-state index < -0.39 is 69.3 Å². The molecule has 0 saturated carbocycles. The first kappa shape index (κ1) is 96.0. The average molecular weight is 1800 g/mol. The quantitative estimate of drug-likeness (QED) is 0.101.